The van der Waals surface area contributed by atoms with Gasteiger partial charge in [-0.05, 0) is 39.7 Å². The molecule has 0 bridgehead atoms. The van der Waals surface area contributed by atoms with Crippen LogP contribution >= 0.6 is 0 Å². The van der Waals surface area contributed by atoms with Gasteiger partial charge in [-0.2, -0.15) is 0 Å². The number of hydrogen-bond donors (Lipinski definition) is 0. The van der Waals surface area contributed by atoms with Crippen LogP contribution in [0.15, 0.2) is 18.7 Å². The molecule has 25 heavy (non-hydrogen) atoms. The van der Waals surface area contributed by atoms with Crippen molar-refractivity contribution in [1.82, 2.24) is 4.57 Å². The van der Waals surface area contributed by atoms with E-state index in [0.717, 1.165) is 30.8 Å². The van der Waals surface area contributed by atoms with Crippen LogP contribution in [-0.4, -0.2) is 48.3 Å². The molecule has 2 rings (SSSR count). The normalized spacial score (nSPS) is 18.1. The second-order valence-corrected chi connectivity index (χ2v) is 6.33. The highest BCUT2D eigenvalue weighted by Gasteiger charge is 2.22. The molecule has 0 spiro atoms. The smallest absolute Gasteiger partial charge is 0.335 e. The molecule has 1 saturated heterocycles. The van der Waals surface area contributed by atoms with E-state index in [2.05, 4.69) is 6.58 Å². The van der Waals surface area contributed by atoms with Gasteiger partial charge in [0.15, 0.2) is 12.7 Å². The number of hydrogen-bond acceptors (Lipinski definition) is 5. The zero-order valence-electron chi connectivity index (χ0n) is 15.2. The summed E-state index contributed by atoms with van der Waals surface area (Å²) >= 11 is 0. The number of esters is 1. The van der Waals surface area contributed by atoms with Crippen LogP contribution in [0.4, 0.5) is 0 Å². The maximum atomic E-state index is 12.4. The lowest BCUT2D eigenvalue weighted by atomic mass is 10.1. The first-order valence-corrected chi connectivity index (χ1v) is 8.64. The van der Waals surface area contributed by atoms with E-state index < -0.39 is 12.1 Å². The molecule has 6 nitrogen and oxygen atoms in total. The number of carbonyl (C=O) groups is 2. The number of rotatable bonds is 9. The summed E-state index contributed by atoms with van der Waals surface area (Å²) in [6, 6.07) is 1.81. The van der Waals surface area contributed by atoms with Crippen LogP contribution < -0.4 is 0 Å². The summed E-state index contributed by atoms with van der Waals surface area (Å²) in [5.41, 5.74) is 2.39. The van der Waals surface area contributed by atoms with Crippen LogP contribution in [0.5, 0.6) is 0 Å². The first-order valence-electron chi connectivity index (χ1n) is 8.64. The van der Waals surface area contributed by atoms with E-state index >= 15 is 0 Å². The fourth-order valence-corrected chi connectivity index (χ4v) is 2.92. The minimum Gasteiger partial charge on any atom is -0.455 e. The third-order valence-corrected chi connectivity index (χ3v) is 4.42. The third-order valence-electron chi connectivity index (χ3n) is 4.42. The van der Waals surface area contributed by atoms with Crippen LogP contribution in [0, 0.1) is 13.8 Å². The Bertz CT molecular complexity index is 628. The molecule has 0 amide bonds. The van der Waals surface area contributed by atoms with E-state index in [0.29, 0.717) is 18.7 Å². The summed E-state index contributed by atoms with van der Waals surface area (Å²) < 4.78 is 18.0. The molecule has 6 heteroatoms. The molecule has 1 fully saturated rings. The number of ether oxygens (including phenoxy) is 3. The molecular formula is C19H27NO5. The van der Waals surface area contributed by atoms with Crippen molar-refractivity contribution in [3.8, 4) is 0 Å². The van der Waals surface area contributed by atoms with Gasteiger partial charge in [-0.15, -0.1) is 6.58 Å². The average molecular weight is 349 g/mol. The lowest BCUT2D eigenvalue weighted by molar-refractivity contribution is -0.156. The van der Waals surface area contributed by atoms with Crippen molar-refractivity contribution >= 4 is 11.8 Å². The lowest BCUT2D eigenvalue weighted by Crippen LogP contribution is -2.29. The molecule has 2 unspecified atom stereocenters. The summed E-state index contributed by atoms with van der Waals surface area (Å²) in [6.07, 6.45) is 3.07. The predicted molar refractivity (Wildman–Crippen MR) is 93.8 cm³/mol. The van der Waals surface area contributed by atoms with Gasteiger partial charge in [0.25, 0.3) is 0 Å². The van der Waals surface area contributed by atoms with E-state index in [1.807, 2.05) is 24.5 Å². The number of carbonyl (C=O) groups excluding carboxylic acids is 2. The van der Waals surface area contributed by atoms with E-state index in [-0.39, 0.29) is 18.5 Å². The minimum atomic E-state index is -0.717. The minimum absolute atomic E-state index is 0.0483. The molecule has 138 valence electrons. The highest BCUT2D eigenvalue weighted by molar-refractivity contribution is 5.99. The molecule has 0 aromatic carbocycles. The van der Waals surface area contributed by atoms with E-state index in [1.165, 1.54) is 0 Å². The van der Waals surface area contributed by atoms with Crippen LogP contribution in [0.2, 0.25) is 0 Å². The van der Waals surface area contributed by atoms with E-state index in [1.54, 1.807) is 13.0 Å². The Morgan fingerprint density at radius 1 is 1.48 bits per heavy atom. The number of allylic oxidation sites excluding steroid dienone is 1. The predicted octanol–water partition coefficient (Wildman–Crippen LogP) is 2.60. The zero-order valence-corrected chi connectivity index (χ0v) is 15.2. The van der Waals surface area contributed by atoms with Crippen molar-refractivity contribution < 1.29 is 23.8 Å². The maximum Gasteiger partial charge on any atom is 0.335 e. The van der Waals surface area contributed by atoms with Crippen molar-refractivity contribution in [2.75, 3.05) is 19.8 Å². The Hall–Kier alpha value is -1.92. The van der Waals surface area contributed by atoms with Gasteiger partial charge < -0.3 is 18.8 Å². The van der Waals surface area contributed by atoms with Crippen LogP contribution in [0.25, 0.3) is 0 Å². The van der Waals surface area contributed by atoms with Crippen LogP contribution in [-0.2, 0) is 25.5 Å². The molecule has 1 aromatic heterocycles. The van der Waals surface area contributed by atoms with Crippen molar-refractivity contribution in [3.63, 3.8) is 0 Å². The molecule has 1 aliphatic heterocycles. The average Bonchev–Trinajstić information content (AvgIpc) is 3.21. The highest BCUT2D eigenvalue weighted by atomic mass is 16.6. The monoisotopic (exact) mass is 349 g/mol. The second kappa shape index (κ2) is 8.97. The SMILES string of the molecule is C=CCn1c(C)cc(C(=O)COC(=O)C(C)OCC2CCCO2)c1C. The van der Waals surface area contributed by atoms with Gasteiger partial charge in [-0.25, -0.2) is 4.79 Å². The molecule has 2 atom stereocenters. The zero-order chi connectivity index (χ0) is 18.4. The number of nitrogens with zero attached hydrogens (tertiary/aromatic N) is 1. The highest BCUT2D eigenvalue weighted by Crippen LogP contribution is 2.16. The van der Waals surface area contributed by atoms with Crippen molar-refractivity contribution in [3.05, 3.63) is 35.7 Å². The third kappa shape index (κ3) is 5.03. The number of Topliss-reactive ketones (excluding diaryl/α,β-unsaturated/α-hetero) is 1. The topological polar surface area (TPSA) is 66.8 Å². The molecular weight excluding hydrogens is 322 g/mol. The number of ketones is 1. The largest absolute Gasteiger partial charge is 0.455 e. The van der Waals surface area contributed by atoms with Gasteiger partial charge in [-0.1, -0.05) is 6.08 Å². The molecule has 0 saturated carbocycles. The van der Waals surface area contributed by atoms with Crippen molar-refractivity contribution in [2.24, 2.45) is 0 Å². The maximum absolute atomic E-state index is 12.4. The molecule has 2 heterocycles. The number of aryl methyl sites for hydroxylation is 1. The quantitative estimate of drug-likeness (QED) is 0.389. The van der Waals surface area contributed by atoms with Gasteiger partial charge in [0.1, 0.15) is 0 Å². The summed E-state index contributed by atoms with van der Waals surface area (Å²) in [5.74, 6) is -0.755. The van der Waals surface area contributed by atoms with E-state index in [4.69, 9.17) is 14.2 Å². The fraction of sp³-hybridized carbons (Fsp3) is 0.579. The summed E-state index contributed by atoms with van der Waals surface area (Å²) in [6.45, 7) is 10.6. The summed E-state index contributed by atoms with van der Waals surface area (Å²) in [7, 11) is 0. The van der Waals surface area contributed by atoms with Crippen molar-refractivity contribution in [2.45, 2.75) is 52.4 Å². The summed E-state index contributed by atoms with van der Waals surface area (Å²) in [5, 5.41) is 0. The lowest BCUT2D eigenvalue weighted by Gasteiger charge is -2.15. The van der Waals surface area contributed by atoms with Gasteiger partial charge in [0.05, 0.1) is 12.7 Å². The van der Waals surface area contributed by atoms with Crippen LogP contribution in [0.3, 0.4) is 0 Å². The first kappa shape index (κ1) is 19.4. The first-order chi connectivity index (χ1) is 11.9. The van der Waals surface area contributed by atoms with Gasteiger partial charge >= 0.3 is 5.97 Å². The molecule has 0 aliphatic carbocycles. The van der Waals surface area contributed by atoms with E-state index in [9.17, 15) is 9.59 Å². The Morgan fingerprint density at radius 3 is 2.88 bits per heavy atom. The van der Waals surface area contributed by atoms with Crippen LogP contribution in [0.1, 0.15) is 41.5 Å². The Labute approximate surface area is 148 Å². The fourth-order valence-electron chi connectivity index (χ4n) is 2.92. The van der Waals surface area contributed by atoms with Gasteiger partial charge in [-0.3, -0.25) is 4.79 Å². The Morgan fingerprint density at radius 2 is 2.24 bits per heavy atom. The molecule has 0 radical (unpaired) electrons. The molecule has 1 aromatic rings. The van der Waals surface area contributed by atoms with Gasteiger partial charge in [0.2, 0.25) is 5.78 Å². The Kier molecular flexibility index (Phi) is 6.96. The summed E-state index contributed by atoms with van der Waals surface area (Å²) in [4.78, 5) is 24.3. The molecule has 0 N–H and O–H groups in total. The number of aromatic nitrogens is 1. The van der Waals surface area contributed by atoms with Gasteiger partial charge in [0, 0.05) is 30.1 Å². The second-order valence-electron chi connectivity index (χ2n) is 6.33. The standard InChI is InChI=1S/C19H27NO5/c1-5-8-20-13(2)10-17(14(20)3)18(21)12-25-19(22)15(4)24-11-16-7-6-9-23-16/h5,10,15-16H,1,6-9,11-12H2,2-4H3. The van der Waals surface area contributed by atoms with Crippen molar-refractivity contribution in [1.29, 1.82) is 0 Å². The molecule has 1 aliphatic rings. The Balaban J connectivity index is 1.83.